The molecule has 0 fully saturated rings. The van der Waals surface area contributed by atoms with Gasteiger partial charge in [-0.05, 0) is 24.6 Å². The summed E-state index contributed by atoms with van der Waals surface area (Å²) >= 11 is 0. The molecule has 0 bridgehead atoms. The zero-order valence-electron chi connectivity index (χ0n) is 10.9. The summed E-state index contributed by atoms with van der Waals surface area (Å²) in [5.74, 6) is 10.5. The number of aliphatic carboxylic acids is 1. The van der Waals surface area contributed by atoms with Crippen molar-refractivity contribution in [3.05, 3.63) is 47.5 Å². The summed E-state index contributed by atoms with van der Waals surface area (Å²) in [5.41, 5.74) is 1.09. The Bertz CT molecular complexity index is 560. The zero-order chi connectivity index (χ0) is 13.9. The van der Waals surface area contributed by atoms with Gasteiger partial charge in [0.2, 0.25) is 0 Å². The van der Waals surface area contributed by atoms with Crippen LogP contribution in [0.5, 0.6) is 0 Å². The second-order valence-electron chi connectivity index (χ2n) is 3.89. The standard InChI is InChI=1S/C17H16O2/c1-2-3-4-8-13-16(17(18)19)14-9-12-15-10-6-5-7-11-15/h5-7,10-11,14H,2-3,13H2,1H3,(H,18,19)/b16-14+. The maximum Gasteiger partial charge on any atom is 0.333 e. The molecule has 0 atom stereocenters. The van der Waals surface area contributed by atoms with Crippen molar-refractivity contribution in [2.75, 3.05) is 0 Å². The van der Waals surface area contributed by atoms with Gasteiger partial charge in [-0.15, -0.1) is 5.92 Å². The number of allylic oxidation sites excluding steroid dienone is 1. The van der Waals surface area contributed by atoms with Gasteiger partial charge in [0.15, 0.2) is 0 Å². The molecule has 2 heteroatoms. The van der Waals surface area contributed by atoms with Crippen LogP contribution in [0.3, 0.4) is 0 Å². The number of carbonyl (C=O) groups is 1. The topological polar surface area (TPSA) is 37.3 Å². The van der Waals surface area contributed by atoms with E-state index in [-0.39, 0.29) is 12.0 Å². The Morgan fingerprint density at radius 1 is 1.26 bits per heavy atom. The molecule has 19 heavy (non-hydrogen) atoms. The number of benzene rings is 1. The van der Waals surface area contributed by atoms with Crippen molar-refractivity contribution in [1.82, 2.24) is 0 Å². The highest BCUT2D eigenvalue weighted by atomic mass is 16.4. The average Bonchev–Trinajstić information content (AvgIpc) is 2.42. The fourth-order valence-corrected chi connectivity index (χ4v) is 1.29. The van der Waals surface area contributed by atoms with E-state index in [1.54, 1.807) is 0 Å². The molecule has 0 amide bonds. The molecule has 0 aliphatic heterocycles. The van der Waals surface area contributed by atoms with Crippen LogP contribution < -0.4 is 0 Å². The van der Waals surface area contributed by atoms with Crippen molar-refractivity contribution in [3.63, 3.8) is 0 Å². The first kappa shape index (κ1) is 14.6. The van der Waals surface area contributed by atoms with Crippen LogP contribution in [0.15, 0.2) is 42.0 Å². The number of rotatable bonds is 3. The van der Waals surface area contributed by atoms with Crippen LogP contribution in [0.2, 0.25) is 0 Å². The fourth-order valence-electron chi connectivity index (χ4n) is 1.29. The zero-order valence-corrected chi connectivity index (χ0v) is 10.9. The van der Waals surface area contributed by atoms with Crippen LogP contribution >= 0.6 is 0 Å². The van der Waals surface area contributed by atoms with Crippen LogP contribution in [0.25, 0.3) is 0 Å². The number of carboxylic acid groups (broad SMARTS) is 1. The van der Waals surface area contributed by atoms with Gasteiger partial charge in [-0.2, -0.15) is 0 Å². The molecule has 0 aliphatic rings. The van der Waals surface area contributed by atoms with Gasteiger partial charge in [0, 0.05) is 18.4 Å². The predicted molar refractivity (Wildman–Crippen MR) is 76.3 cm³/mol. The molecule has 2 nitrogen and oxygen atoms in total. The van der Waals surface area contributed by atoms with Crippen molar-refractivity contribution in [1.29, 1.82) is 0 Å². The molecule has 1 N–H and O–H groups in total. The molecule has 96 valence electrons. The highest BCUT2D eigenvalue weighted by Crippen LogP contribution is 2.01. The van der Waals surface area contributed by atoms with Crippen molar-refractivity contribution in [3.8, 4) is 23.7 Å². The van der Waals surface area contributed by atoms with Gasteiger partial charge < -0.3 is 5.11 Å². The molecule has 1 aromatic carbocycles. The number of unbranched alkanes of at least 4 members (excludes halogenated alkanes) is 1. The van der Waals surface area contributed by atoms with Crippen molar-refractivity contribution in [2.24, 2.45) is 0 Å². The van der Waals surface area contributed by atoms with Crippen LogP contribution in [-0.2, 0) is 4.79 Å². The third-order valence-corrected chi connectivity index (χ3v) is 2.29. The van der Waals surface area contributed by atoms with Crippen LogP contribution in [-0.4, -0.2) is 11.1 Å². The van der Waals surface area contributed by atoms with E-state index in [2.05, 4.69) is 23.7 Å². The van der Waals surface area contributed by atoms with Gasteiger partial charge in [0.1, 0.15) is 0 Å². The summed E-state index contributed by atoms with van der Waals surface area (Å²) in [6.07, 6.45) is 3.43. The van der Waals surface area contributed by atoms with E-state index < -0.39 is 5.97 Å². The second kappa shape index (κ2) is 8.61. The lowest BCUT2D eigenvalue weighted by Crippen LogP contribution is -1.99. The largest absolute Gasteiger partial charge is 0.478 e. The molecule has 0 heterocycles. The first-order chi connectivity index (χ1) is 9.24. The summed E-state index contributed by atoms with van der Waals surface area (Å²) in [5, 5.41) is 9.02. The molecule has 0 unspecified atom stereocenters. The fraction of sp³-hybridized carbons (Fsp3) is 0.235. The minimum Gasteiger partial charge on any atom is -0.478 e. The second-order valence-corrected chi connectivity index (χ2v) is 3.89. The van der Waals surface area contributed by atoms with E-state index in [0.29, 0.717) is 0 Å². The molecular weight excluding hydrogens is 236 g/mol. The van der Waals surface area contributed by atoms with E-state index in [1.165, 1.54) is 6.08 Å². The Labute approximate surface area is 114 Å². The third-order valence-electron chi connectivity index (χ3n) is 2.29. The molecule has 0 aliphatic carbocycles. The lowest BCUT2D eigenvalue weighted by atomic mass is 10.1. The molecular formula is C17H16O2. The summed E-state index contributed by atoms with van der Waals surface area (Å²) < 4.78 is 0. The Hall–Kier alpha value is -2.45. The highest BCUT2D eigenvalue weighted by molar-refractivity contribution is 5.87. The number of carboxylic acids is 1. The Morgan fingerprint density at radius 3 is 2.63 bits per heavy atom. The maximum atomic E-state index is 11.0. The normalized spacial score (nSPS) is 9.84. The van der Waals surface area contributed by atoms with E-state index in [4.69, 9.17) is 5.11 Å². The van der Waals surface area contributed by atoms with E-state index in [0.717, 1.165) is 18.4 Å². The van der Waals surface area contributed by atoms with Gasteiger partial charge >= 0.3 is 5.97 Å². The first-order valence-corrected chi connectivity index (χ1v) is 6.18. The molecule has 0 spiro atoms. The van der Waals surface area contributed by atoms with Crippen LogP contribution in [0.1, 0.15) is 31.7 Å². The van der Waals surface area contributed by atoms with Crippen molar-refractivity contribution in [2.45, 2.75) is 26.2 Å². The SMILES string of the molecule is CCCC#CC/C(=C\C#Cc1ccccc1)C(=O)O. The van der Waals surface area contributed by atoms with Gasteiger partial charge in [-0.1, -0.05) is 42.9 Å². The quantitative estimate of drug-likeness (QED) is 0.662. The van der Waals surface area contributed by atoms with Crippen molar-refractivity contribution >= 4 is 5.97 Å². The Balaban J connectivity index is 2.73. The minimum atomic E-state index is -0.965. The molecule has 0 saturated carbocycles. The monoisotopic (exact) mass is 252 g/mol. The Morgan fingerprint density at radius 2 is 2.00 bits per heavy atom. The van der Waals surface area contributed by atoms with Crippen LogP contribution in [0.4, 0.5) is 0 Å². The average molecular weight is 252 g/mol. The third kappa shape index (κ3) is 6.15. The first-order valence-electron chi connectivity index (χ1n) is 6.18. The summed E-state index contributed by atoms with van der Waals surface area (Å²) in [6.45, 7) is 2.04. The van der Waals surface area contributed by atoms with Gasteiger partial charge in [0.25, 0.3) is 0 Å². The summed E-state index contributed by atoms with van der Waals surface area (Å²) in [4.78, 5) is 11.0. The smallest absolute Gasteiger partial charge is 0.333 e. The Kier molecular flexibility index (Phi) is 6.62. The highest BCUT2D eigenvalue weighted by Gasteiger charge is 2.03. The molecule has 1 aromatic rings. The number of hydrogen-bond acceptors (Lipinski definition) is 1. The van der Waals surface area contributed by atoms with E-state index in [9.17, 15) is 4.79 Å². The summed E-state index contributed by atoms with van der Waals surface area (Å²) in [6, 6.07) is 9.45. The number of hydrogen-bond donors (Lipinski definition) is 1. The minimum absolute atomic E-state index is 0.229. The molecule has 0 aromatic heterocycles. The van der Waals surface area contributed by atoms with E-state index in [1.807, 2.05) is 37.3 Å². The molecule has 0 saturated heterocycles. The van der Waals surface area contributed by atoms with Crippen molar-refractivity contribution < 1.29 is 9.90 Å². The predicted octanol–water partition coefficient (Wildman–Crippen LogP) is 3.24. The van der Waals surface area contributed by atoms with Gasteiger partial charge in [-0.3, -0.25) is 0 Å². The molecule has 1 rings (SSSR count). The summed E-state index contributed by atoms with van der Waals surface area (Å²) in [7, 11) is 0. The molecule has 0 radical (unpaired) electrons. The van der Waals surface area contributed by atoms with E-state index >= 15 is 0 Å². The lowest BCUT2D eigenvalue weighted by Gasteiger charge is -1.92. The van der Waals surface area contributed by atoms with Gasteiger partial charge in [0.05, 0.1) is 5.57 Å². The van der Waals surface area contributed by atoms with Crippen LogP contribution in [0, 0.1) is 23.7 Å². The maximum absolute atomic E-state index is 11.0. The van der Waals surface area contributed by atoms with Gasteiger partial charge in [-0.25, -0.2) is 4.79 Å². The lowest BCUT2D eigenvalue weighted by molar-refractivity contribution is -0.132.